The van der Waals surface area contributed by atoms with Crippen molar-refractivity contribution in [3.8, 4) is 0 Å². The molecule has 6 nitrogen and oxygen atoms in total. The van der Waals surface area contributed by atoms with E-state index in [4.69, 9.17) is 4.74 Å². The molecule has 0 aliphatic carbocycles. The van der Waals surface area contributed by atoms with Gasteiger partial charge in [0.15, 0.2) is 0 Å². The quantitative estimate of drug-likeness (QED) is 0.799. The topological polar surface area (TPSA) is 61.9 Å². The molecule has 2 saturated heterocycles. The van der Waals surface area contributed by atoms with Crippen LogP contribution in [0.1, 0.15) is 27.2 Å². The molecule has 2 rings (SSSR count). The number of carbonyl (C=O) groups is 2. The van der Waals surface area contributed by atoms with Crippen LogP contribution in [0.25, 0.3) is 0 Å². The van der Waals surface area contributed by atoms with E-state index in [9.17, 15) is 9.59 Å². The minimum Gasteiger partial charge on any atom is -0.378 e. The zero-order chi connectivity index (χ0) is 15.5. The number of nitrogens with zero attached hydrogens (tertiary/aromatic N) is 2. The maximum Gasteiger partial charge on any atom is 0.228 e. The Bertz CT molecular complexity index is 384. The van der Waals surface area contributed by atoms with Gasteiger partial charge >= 0.3 is 0 Å². The molecule has 2 heterocycles. The molecule has 1 atom stereocenters. The van der Waals surface area contributed by atoms with Gasteiger partial charge in [0.1, 0.15) is 0 Å². The Balaban J connectivity index is 0.00000242. The van der Waals surface area contributed by atoms with Crippen LogP contribution in [0.3, 0.4) is 0 Å². The molecule has 0 aromatic rings. The third-order valence-corrected chi connectivity index (χ3v) is 3.98. The molecule has 0 bridgehead atoms. The minimum absolute atomic E-state index is 0. The second-order valence-corrected chi connectivity index (χ2v) is 6.85. The van der Waals surface area contributed by atoms with E-state index >= 15 is 0 Å². The molecule has 2 fully saturated rings. The van der Waals surface area contributed by atoms with Crippen LogP contribution in [-0.4, -0.2) is 73.6 Å². The van der Waals surface area contributed by atoms with Crippen LogP contribution in [0.2, 0.25) is 0 Å². The van der Waals surface area contributed by atoms with Crippen molar-refractivity contribution in [2.45, 2.75) is 33.2 Å². The number of rotatable bonds is 2. The van der Waals surface area contributed by atoms with Gasteiger partial charge in [-0.05, 0) is 0 Å². The van der Waals surface area contributed by atoms with Crippen molar-refractivity contribution in [2.24, 2.45) is 5.41 Å². The molecule has 1 N–H and O–H groups in total. The number of ether oxygens (including phenoxy) is 1. The first kappa shape index (κ1) is 19.2. The molecule has 2 aliphatic heterocycles. The van der Waals surface area contributed by atoms with E-state index < -0.39 is 0 Å². The Morgan fingerprint density at radius 3 is 2.23 bits per heavy atom. The van der Waals surface area contributed by atoms with Crippen molar-refractivity contribution in [2.75, 3.05) is 45.9 Å². The third-order valence-electron chi connectivity index (χ3n) is 3.98. The largest absolute Gasteiger partial charge is 0.378 e. The van der Waals surface area contributed by atoms with Crippen LogP contribution in [0.4, 0.5) is 0 Å². The van der Waals surface area contributed by atoms with Crippen LogP contribution >= 0.6 is 12.4 Å². The molecule has 1 unspecified atom stereocenters. The molecule has 0 spiro atoms. The Kier molecular flexibility index (Phi) is 7.09. The fraction of sp³-hybridized carbons (Fsp3) is 0.867. The molecule has 2 aliphatic rings. The van der Waals surface area contributed by atoms with E-state index in [2.05, 4.69) is 5.32 Å². The lowest BCUT2D eigenvalue weighted by atomic mass is 9.94. The molecule has 0 aromatic carbocycles. The summed E-state index contributed by atoms with van der Waals surface area (Å²) in [7, 11) is 0. The smallest absolute Gasteiger partial charge is 0.228 e. The van der Waals surface area contributed by atoms with Crippen LogP contribution < -0.4 is 5.32 Å². The van der Waals surface area contributed by atoms with Gasteiger partial charge in [0.25, 0.3) is 0 Å². The van der Waals surface area contributed by atoms with Gasteiger partial charge < -0.3 is 19.9 Å². The summed E-state index contributed by atoms with van der Waals surface area (Å²) in [6.07, 6.45) is 0.479. The summed E-state index contributed by atoms with van der Waals surface area (Å²) >= 11 is 0. The lowest BCUT2D eigenvalue weighted by Gasteiger charge is -2.38. The fourth-order valence-electron chi connectivity index (χ4n) is 2.72. The number of hydrogen-bond acceptors (Lipinski definition) is 4. The Morgan fingerprint density at radius 2 is 1.73 bits per heavy atom. The van der Waals surface area contributed by atoms with Gasteiger partial charge in [-0.2, -0.15) is 0 Å². The molecular weight excluding hydrogens is 306 g/mol. The summed E-state index contributed by atoms with van der Waals surface area (Å²) in [5.74, 6) is 0.317. The molecule has 0 saturated carbocycles. The maximum atomic E-state index is 12.3. The Hall–Kier alpha value is -0.850. The maximum absolute atomic E-state index is 12.3. The lowest BCUT2D eigenvalue weighted by Crippen LogP contribution is -2.54. The highest BCUT2D eigenvalue weighted by atomic mass is 35.5. The van der Waals surface area contributed by atoms with E-state index in [-0.39, 0.29) is 35.7 Å². The second-order valence-electron chi connectivity index (χ2n) is 6.85. The van der Waals surface area contributed by atoms with E-state index in [0.717, 1.165) is 13.2 Å². The summed E-state index contributed by atoms with van der Waals surface area (Å²) in [4.78, 5) is 28.2. The van der Waals surface area contributed by atoms with E-state index in [1.54, 1.807) is 0 Å². The summed E-state index contributed by atoms with van der Waals surface area (Å²) < 4.78 is 5.37. The zero-order valence-corrected chi connectivity index (χ0v) is 14.6. The van der Waals surface area contributed by atoms with Gasteiger partial charge in [0.05, 0.1) is 13.2 Å². The van der Waals surface area contributed by atoms with Crippen molar-refractivity contribution in [3.63, 3.8) is 0 Å². The van der Waals surface area contributed by atoms with Gasteiger partial charge in [-0.1, -0.05) is 20.8 Å². The number of nitrogens with one attached hydrogen (secondary N) is 1. The highest BCUT2D eigenvalue weighted by Crippen LogP contribution is 2.19. The van der Waals surface area contributed by atoms with E-state index in [0.29, 0.717) is 39.2 Å². The zero-order valence-electron chi connectivity index (χ0n) is 13.8. The molecule has 22 heavy (non-hydrogen) atoms. The number of amides is 2. The van der Waals surface area contributed by atoms with Gasteiger partial charge in [-0.25, -0.2) is 0 Å². The standard InChI is InChI=1S/C15H27N3O3.ClH/c1-15(2,3)14(20)18-7-5-17(6-8-18)13(19)10-12-11-21-9-4-16-12;/h12,16H,4-11H2,1-3H3;1H. The highest BCUT2D eigenvalue weighted by Gasteiger charge is 2.31. The van der Waals surface area contributed by atoms with Gasteiger partial charge in [0.2, 0.25) is 11.8 Å². The van der Waals surface area contributed by atoms with Crippen LogP contribution in [0.15, 0.2) is 0 Å². The van der Waals surface area contributed by atoms with Crippen molar-refractivity contribution in [3.05, 3.63) is 0 Å². The molecule has 128 valence electrons. The predicted molar refractivity (Wildman–Crippen MR) is 87.1 cm³/mol. The molecule has 2 amide bonds. The van der Waals surface area contributed by atoms with E-state index in [1.165, 1.54) is 0 Å². The summed E-state index contributed by atoms with van der Waals surface area (Å²) in [5, 5.41) is 3.30. The Labute approximate surface area is 138 Å². The summed E-state index contributed by atoms with van der Waals surface area (Å²) in [5.41, 5.74) is -0.352. The first-order valence-corrected chi connectivity index (χ1v) is 7.76. The van der Waals surface area contributed by atoms with Crippen molar-refractivity contribution in [1.29, 1.82) is 0 Å². The van der Waals surface area contributed by atoms with Crippen LogP contribution in [0, 0.1) is 5.41 Å². The SMILES string of the molecule is CC(C)(C)C(=O)N1CCN(C(=O)CC2COCCN2)CC1.Cl. The van der Waals surface area contributed by atoms with Gasteiger partial charge in [0, 0.05) is 50.6 Å². The molecule has 0 aromatic heterocycles. The average Bonchev–Trinajstić information content (AvgIpc) is 2.46. The van der Waals surface area contributed by atoms with Crippen molar-refractivity contribution in [1.82, 2.24) is 15.1 Å². The number of halogens is 1. The fourth-order valence-corrected chi connectivity index (χ4v) is 2.72. The number of morpholine rings is 1. The highest BCUT2D eigenvalue weighted by molar-refractivity contribution is 5.85. The van der Waals surface area contributed by atoms with E-state index in [1.807, 2.05) is 30.6 Å². The minimum atomic E-state index is -0.352. The third kappa shape index (κ3) is 5.11. The molecular formula is C15H28ClN3O3. The summed E-state index contributed by atoms with van der Waals surface area (Å²) in [6.45, 7) is 10.5. The Morgan fingerprint density at radius 1 is 1.14 bits per heavy atom. The number of hydrogen-bond donors (Lipinski definition) is 1. The number of carbonyl (C=O) groups excluding carboxylic acids is 2. The van der Waals surface area contributed by atoms with Gasteiger partial charge in [-0.3, -0.25) is 9.59 Å². The number of piperazine rings is 1. The molecule has 7 heteroatoms. The first-order chi connectivity index (χ1) is 9.88. The first-order valence-electron chi connectivity index (χ1n) is 7.76. The second kappa shape index (κ2) is 8.13. The van der Waals surface area contributed by atoms with Crippen LogP contribution in [0.5, 0.6) is 0 Å². The van der Waals surface area contributed by atoms with Crippen molar-refractivity contribution >= 4 is 24.2 Å². The van der Waals surface area contributed by atoms with Gasteiger partial charge in [-0.15, -0.1) is 12.4 Å². The van der Waals surface area contributed by atoms with Crippen molar-refractivity contribution < 1.29 is 14.3 Å². The van der Waals surface area contributed by atoms with Crippen LogP contribution in [-0.2, 0) is 14.3 Å². The monoisotopic (exact) mass is 333 g/mol. The molecule has 0 radical (unpaired) electrons. The lowest BCUT2D eigenvalue weighted by molar-refractivity contribution is -0.145. The summed E-state index contributed by atoms with van der Waals surface area (Å²) in [6, 6.07) is 0.125. The normalized spacial score (nSPS) is 23.0. The average molecular weight is 334 g/mol. The predicted octanol–water partition coefficient (Wildman–Crippen LogP) is 0.504.